The van der Waals surface area contributed by atoms with E-state index in [0.717, 1.165) is 5.56 Å². The van der Waals surface area contributed by atoms with Crippen LogP contribution >= 0.6 is 11.6 Å². The predicted molar refractivity (Wildman–Crippen MR) is 63.9 cm³/mol. The van der Waals surface area contributed by atoms with Gasteiger partial charge in [-0.15, -0.1) is 0 Å². The molecule has 0 bridgehead atoms. The summed E-state index contributed by atoms with van der Waals surface area (Å²) in [5.41, 5.74) is 1.38. The zero-order chi connectivity index (χ0) is 11.5. The Morgan fingerprint density at radius 1 is 1.31 bits per heavy atom. The van der Waals surface area contributed by atoms with E-state index >= 15 is 0 Å². The first-order valence-corrected chi connectivity index (χ1v) is 5.13. The quantitative estimate of drug-likeness (QED) is 0.860. The maximum absolute atomic E-state index is 9.73. The Bertz CT molecular complexity index is 509. The van der Waals surface area contributed by atoms with Gasteiger partial charge in [-0.2, -0.15) is 0 Å². The van der Waals surface area contributed by atoms with Crippen LogP contribution in [0.1, 0.15) is 0 Å². The van der Waals surface area contributed by atoms with Gasteiger partial charge in [0.1, 0.15) is 11.5 Å². The van der Waals surface area contributed by atoms with Crippen molar-refractivity contribution >= 4 is 11.6 Å². The van der Waals surface area contributed by atoms with Gasteiger partial charge in [-0.1, -0.05) is 23.7 Å². The van der Waals surface area contributed by atoms with Crippen LogP contribution in [0.4, 0.5) is 0 Å². The zero-order valence-corrected chi connectivity index (χ0v) is 9.45. The van der Waals surface area contributed by atoms with Crippen LogP contribution in [0, 0.1) is 6.07 Å². The van der Waals surface area contributed by atoms with Crippen LogP contribution in [0.2, 0.25) is 5.02 Å². The van der Waals surface area contributed by atoms with Crippen LogP contribution in [-0.4, -0.2) is 12.2 Å². The molecule has 0 aliphatic heterocycles. The second-order valence-electron chi connectivity index (χ2n) is 3.27. The summed E-state index contributed by atoms with van der Waals surface area (Å²) in [7, 11) is 1.56. The van der Waals surface area contributed by atoms with Crippen molar-refractivity contribution in [2.24, 2.45) is 0 Å². The number of phenolic OH excluding ortho intramolecular Hbond substituents is 1. The number of hydrogen-bond donors (Lipinski definition) is 1. The highest BCUT2D eigenvalue weighted by molar-refractivity contribution is 6.30. The normalized spacial score (nSPS) is 10.1. The lowest BCUT2D eigenvalue weighted by atomic mass is 10.0. The summed E-state index contributed by atoms with van der Waals surface area (Å²) in [5, 5.41) is 10.3. The van der Waals surface area contributed by atoms with Gasteiger partial charge in [0, 0.05) is 16.1 Å². The van der Waals surface area contributed by atoms with Gasteiger partial charge in [0.25, 0.3) is 0 Å². The number of ether oxygens (including phenoxy) is 1. The zero-order valence-electron chi connectivity index (χ0n) is 8.70. The second kappa shape index (κ2) is 4.45. The molecule has 0 amide bonds. The fraction of sp³-hybridized carbons (Fsp3) is 0.0769. The first-order chi connectivity index (χ1) is 7.72. The van der Waals surface area contributed by atoms with E-state index in [1.54, 1.807) is 43.5 Å². The highest BCUT2D eigenvalue weighted by Crippen LogP contribution is 2.36. The molecule has 0 fully saturated rings. The molecule has 0 heterocycles. The van der Waals surface area contributed by atoms with Crippen LogP contribution in [0.15, 0.2) is 36.4 Å². The average molecular weight is 234 g/mol. The van der Waals surface area contributed by atoms with E-state index in [-0.39, 0.29) is 5.75 Å². The van der Waals surface area contributed by atoms with Gasteiger partial charge in [0.15, 0.2) is 0 Å². The van der Waals surface area contributed by atoms with Gasteiger partial charge in [-0.05, 0) is 30.3 Å². The Morgan fingerprint density at radius 2 is 2.12 bits per heavy atom. The number of benzene rings is 2. The third-order valence-electron chi connectivity index (χ3n) is 2.27. The number of halogens is 1. The van der Waals surface area contributed by atoms with E-state index in [2.05, 4.69) is 6.07 Å². The first kappa shape index (κ1) is 10.8. The van der Waals surface area contributed by atoms with Crippen molar-refractivity contribution in [1.82, 2.24) is 0 Å². The second-order valence-corrected chi connectivity index (χ2v) is 3.71. The molecular formula is C13H10ClO2. The summed E-state index contributed by atoms with van der Waals surface area (Å²) in [6, 6.07) is 13.3. The minimum atomic E-state index is 0.170. The van der Waals surface area contributed by atoms with Crippen LogP contribution < -0.4 is 4.74 Å². The largest absolute Gasteiger partial charge is 0.507 e. The number of phenols is 1. The van der Waals surface area contributed by atoms with Crippen molar-refractivity contribution in [3.8, 4) is 22.6 Å². The molecule has 2 nitrogen and oxygen atoms in total. The number of methoxy groups -OCH3 is 1. The summed E-state index contributed by atoms with van der Waals surface area (Å²) in [6.07, 6.45) is 0. The minimum Gasteiger partial charge on any atom is -0.507 e. The molecule has 3 heteroatoms. The molecule has 0 atom stereocenters. The molecule has 0 aliphatic carbocycles. The molecule has 0 saturated heterocycles. The standard InChI is InChI=1S/C13H10ClO2/c1-16-13-8-9(14)6-7-11(13)10-4-2-3-5-12(10)15/h2-3,5-8,15H,1H3. The summed E-state index contributed by atoms with van der Waals surface area (Å²) < 4.78 is 5.22. The third kappa shape index (κ3) is 1.97. The van der Waals surface area contributed by atoms with Gasteiger partial charge < -0.3 is 9.84 Å². The van der Waals surface area contributed by atoms with E-state index in [1.807, 2.05) is 0 Å². The molecule has 1 N–H and O–H groups in total. The molecule has 16 heavy (non-hydrogen) atoms. The van der Waals surface area contributed by atoms with Crippen LogP contribution in [0.5, 0.6) is 11.5 Å². The van der Waals surface area contributed by atoms with Gasteiger partial charge in [-0.25, -0.2) is 0 Å². The molecular weight excluding hydrogens is 224 g/mol. The smallest absolute Gasteiger partial charge is 0.128 e. The maximum atomic E-state index is 9.73. The Labute approximate surface area is 99.1 Å². The molecule has 0 unspecified atom stereocenters. The van der Waals surface area contributed by atoms with Crippen molar-refractivity contribution in [2.75, 3.05) is 7.11 Å². The fourth-order valence-corrected chi connectivity index (χ4v) is 1.68. The molecule has 0 aromatic heterocycles. The fourth-order valence-electron chi connectivity index (χ4n) is 1.52. The van der Waals surface area contributed by atoms with Gasteiger partial charge in [-0.3, -0.25) is 0 Å². The van der Waals surface area contributed by atoms with E-state index < -0.39 is 0 Å². The Balaban J connectivity index is 2.60. The highest BCUT2D eigenvalue weighted by atomic mass is 35.5. The number of hydrogen-bond acceptors (Lipinski definition) is 2. The lowest BCUT2D eigenvalue weighted by Crippen LogP contribution is -1.88. The molecule has 0 saturated carbocycles. The molecule has 1 radical (unpaired) electrons. The Morgan fingerprint density at radius 3 is 2.81 bits per heavy atom. The molecule has 81 valence electrons. The predicted octanol–water partition coefficient (Wildman–Crippen LogP) is 3.52. The average Bonchev–Trinajstić information content (AvgIpc) is 2.30. The SMILES string of the molecule is COc1cc(Cl)ccc1-c1[c]cccc1O. The molecule has 2 aromatic rings. The molecule has 2 rings (SSSR count). The Kier molecular flexibility index (Phi) is 3.02. The van der Waals surface area contributed by atoms with E-state index in [0.29, 0.717) is 16.3 Å². The summed E-state index contributed by atoms with van der Waals surface area (Å²) in [5.74, 6) is 0.786. The van der Waals surface area contributed by atoms with Gasteiger partial charge in [0.2, 0.25) is 0 Å². The lowest BCUT2D eigenvalue weighted by molar-refractivity contribution is 0.415. The minimum absolute atomic E-state index is 0.170. The van der Waals surface area contributed by atoms with Crippen molar-refractivity contribution in [2.45, 2.75) is 0 Å². The van der Waals surface area contributed by atoms with Crippen molar-refractivity contribution in [1.29, 1.82) is 0 Å². The van der Waals surface area contributed by atoms with Crippen molar-refractivity contribution < 1.29 is 9.84 Å². The molecule has 0 spiro atoms. The molecule has 2 aromatic carbocycles. The van der Waals surface area contributed by atoms with Crippen molar-refractivity contribution in [3.63, 3.8) is 0 Å². The van der Waals surface area contributed by atoms with Gasteiger partial charge >= 0.3 is 0 Å². The van der Waals surface area contributed by atoms with E-state index in [9.17, 15) is 5.11 Å². The van der Waals surface area contributed by atoms with E-state index in [1.165, 1.54) is 0 Å². The lowest BCUT2D eigenvalue weighted by Gasteiger charge is -2.09. The highest BCUT2D eigenvalue weighted by Gasteiger charge is 2.09. The molecule has 0 aliphatic rings. The van der Waals surface area contributed by atoms with Crippen molar-refractivity contribution in [3.05, 3.63) is 47.5 Å². The summed E-state index contributed by atoms with van der Waals surface area (Å²) >= 11 is 5.87. The maximum Gasteiger partial charge on any atom is 0.128 e. The van der Waals surface area contributed by atoms with Gasteiger partial charge in [0.05, 0.1) is 7.11 Å². The number of rotatable bonds is 2. The van der Waals surface area contributed by atoms with Crippen LogP contribution in [0.25, 0.3) is 11.1 Å². The van der Waals surface area contributed by atoms with E-state index in [4.69, 9.17) is 16.3 Å². The van der Waals surface area contributed by atoms with Crippen LogP contribution in [-0.2, 0) is 0 Å². The Hall–Kier alpha value is -1.67. The number of aromatic hydroxyl groups is 1. The summed E-state index contributed by atoms with van der Waals surface area (Å²) in [4.78, 5) is 0. The summed E-state index contributed by atoms with van der Waals surface area (Å²) in [6.45, 7) is 0. The monoisotopic (exact) mass is 233 g/mol. The topological polar surface area (TPSA) is 29.5 Å². The third-order valence-corrected chi connectivity index (χ3v) is 2.50. The first-order valence-electron chi connectivity index (χ1n) is 4.76. The van der Waals surface area contributed by atoms with Crippen LogP contribution in [0.3, 0.4) is 0 Å².